The first-order valence-corrected chi connectivity index (χ1v) is 32.0. The van der Waals surface area contributed by atoms with Crippen LogP contribution in [-0.4, -0.2) is 36.5 Å². The molecule has 2 saturated heterocycles. The van der Waals surface area contributed by atoms with Crippen LogP contribution in [0.5, 0.6) is 0 Å². The van der Waals surface area contributed by atoms with Crippen LogP contribution < -0.4 is 20.9 Å². The van der Waals surface area contributed by atoms with Gasteiger partial charge in [0.15, 0.2) is 11.6 Å². The van der Waals surface area contributed by atoms with E-state index in [9.17, 15) is 4.79 Å². The molecule has 3 aromatic rings. The van der Waals surface area contributed by atoms with Crippen molar-refractivity contribution in [3.8, 4) is 0 Å². The SMILES string of the molecule is CCCCc1ccc(CCCC)c(N(C(=O)C2(C3CC(=O)C=C4NC[C@@H]5[C@@H](CC[C@]6(C)C(C(=O)NC7(c8ccc(Cl)cc8)CCCCC7)CC[C@@H]56)[C@]43C)CC[C@H]3[C@@H]4CNC5=CC(=O)CC[C@]5(C)[C@@H]4CC[C@@]32C)c2ccccc2)c1. The zero-order valence-electron chi connectivity index (χ0n) is 48.6. The number of nitrogens with zero attached hydrogens (tertiary/aromatic N) is 1. The van der Waals surface area contributed by atoms with Gasteiger partial charge in [-0.1, -0.05) is 128 Å². The number of unbranched alkanes of at least 4 members (excludes halogenated alkanes) is 2. The first-order valence-electron chi connectivity index (χ1n) is 31.6. The molecule has 3 unspecified atom stereocenters. The fourth-order valence-electron chi connectivity index (χ4n) is 20.4. The Morgan fingerprint density at radius 2 is 1.37 bits per heavy atom. The second-order valence-electron chi connectivity index (χ2n) is 27.9. The maximum Gasteiger partial charge on any atom is 0.238 e. The minimum Gasteiger partial charge on any atom is -0.387 e. The number of hydrogen-bond donors (Lipinski definition) is 3. The second kappa shape index (κ2) is 20.9. The number of amides is 2. The zero-order valence-corrected chi connectivity index (χ0v) is 49.4. The summed E-state index contributed by atoms with van der Waals surface area (Å²) in [4.78, 5) is 63.3. The first-order chi connectivity index (χ1) is 38.0. The van der Waals surface area contributed by atoms with E-state index in [-0.39, 0.29) is 69.3 Å². The smallest absolute Gasteiger partial charge is 0.238 e. The van der Waals surface area contributed by atoms with E-state index in [2.05, 4.69) is 123 Å². The number of aryl methyl sites for hydroxylation is 2. The number of rotatable bonds is 13. The molecule has 79 heavy (non-hydrogen) atoms. The predicted octanol–water partition coefficient (Wildman–Crippen LogP) is 15.1. The second-order valence-corrected chi connectivity index (χ2v) is 28.4. The van der Waals surface area contributed by atoms with Crippen LogP contribution in [0, 0.1) is 74.4 Å². The van der Waals surface area contributed by atoms with Crippen molar-refractivity contribution >= 4 is 46.4 Å². The summed E-state index contributed by atoms with van der Waals surface area (Å²) in [5, 5.41) is 12.4. The Balaban J connectivity index is 0.967. The van der Waals surface area contributed by atoms with E-state index in [1.54, 1.807) is 0 Å². The molecule has 7 fully saturated rings. The van der Waals surface area contributed by atoms with E-state index >= 15 is 14.4 Å². The average Bonchev–Trinajstić information content (AvgIpc) is 3.16. The lowest BCUT2D eigenvalue weighted by molar-refractivity contribution is -0.171. The Morgan fingerprint density at radius 1 is 0.684 bits per heavy atom. The van der Waals surface area contributed by atoms with E-state index in [1.165, 1.54) is 23.1 Å². The van der Waals surface area contributed by atoms with E-state index in [1.807, 2.05) is 24.3 Å². The van der Waals surface area contributed by atoms with Crippen molar-refractivity contribution in [2.45, 2.75) is 188 Å². The number of hydrogen-bond acceptors (Lipinski definition) is 6. The molecule has 2 aliphatic heterocycles. The molecule has 9 aliphatic rings. The maximum atomic E-state index is 17.9. The molecule has 3 N–H and O–H groups in total. The van der Waals surface area contributed by atoms with Gasteiger partial charge in [0, 0.05) is 76.9 Å². The van der Waals surface area contributed by atoms with Gasteiger partial charge in [0.05, 0.1) is 16.6 Å². The molecule has 0 spiro atoms. The quantitative estimate of drug-likeness (QED) is 0.157. The summed E-state index contributed by atoms with van der Waals surface area (Å²) in [5.41, 5.74) is 5.23. The number of halogens is 1. The molecular weight excluding hydrogens is 996 g/mol. The fraction of sp³-hybridized carbons (Fsp3) is 0.629. The van der Waals surface area contributed by atoms with E-state index in [4.69, 9.17) is 11.6 Å². The number of allylic oxidation sites excluding steroid dienone is 4. The van der Waals surface area contributed by atoms with Gasteiger partial charge in [0.1, 0.15) is 0 Å². The molecule has 9 heteroatoms. The van der Waals surface area contributed by atoms with Gasteiger partial charge in [-0.25, -0.2) is 0 Å². The maximum absolute atomic E-state index is 17.9. The van der Waals surface area contributed by atoms with Crippen molar-refractivity contribution in [2.24, 2.45) is 74.4 Å². The topological polar surface area (TPSA) is 108 Å². The lowest BCUT2D eigenvalue weighted by Gasteiger charge is -2.66. The van der Waals surface area contributed by atoms with Gasteiger partial charge in [-0.3, -0.25) is 24.1 Å². The van der Waals surface area contributed by atoms with Gasteiger partial charge in [-0.2, -0.15) is 0 Å². The largest absolute Gasteiger partial charge is 0.387 e. The standard InChI is InChI=1S/C70H91ClN4O4/c1-7-9-17-45-21-22-46(18-10-8-2)59(39-45)75(49-19-13-11-14-20-49)64(79)70(38-32-56-52-43-72-61-41-50(76)29-35-66(61,4)55(52)31-37-67(56,70)5)60-40-51(77)42-62-68(60,6)57-30-36-65(3)54(53(57)44-73-62)27-28-58(65)63(78)74-69(33-15-12-16-34-69)47-23-25-48(71)26-24-47/h11,13-14,19-26,39,41-42,52-58,60,72-73H,7-10,12,15-18,27-38,40,43-44H2,1-6H3,(H,74,78)/t52-,53+,54+,55-,56+,57-,58?,60?,65+,66-,67+,68+,70?/m1/s1. The van der Waals surface area contributed by atoms with Crippen molar-refractivity contribution in [3.05, 3.63) is 118 Å². The third-order valence-electron chi connectivity index (χ3n) is 24.6. The van der Waals surface area contributed by atoms with Crippen LogP contribution in [-0.2, 0) is 37.6 Å². The Morgan fingerprint density at radius 3 is 2.11 bits per heavy atom. The van der Waals surface area contributed by atoms with Crippen molar-refractivity contribution < 1.29 is 19.2 Å². The highest BCUT2D eigenvalue weighted by atomic mass is 35.5. The van der Waals surface area contributed by atoms with Gasteiger partial charge in [0.25, 0.3) is 0 Å². The number of benzene rings is 3. The van der Waals surface area contributed by atoms with Crippen molar-refractivity contribution in [1.29, 1.82) is 0 Å². The summed E-state index contributed by atoms with van der Waals surface area (Å²) in [6.45, 7) is 16.0. The molecule has 13 atom stereocenters. The molecule has 7 aliphatic carbocycles. The van der Waals surface area contributed by atoms with Crippen LogP contribution in [0.1, 0.15) is 187 Å². The molecule has 2 amide bonds. The van der Waals surface area contributed by atoms with Crippen LogP contribution >= 0.6 is 11.6 Å². The molecule has 0 radical (unpaired) electrons. The molecule has 12 rings (SSSR count). The number of para-hydroxylation sites is 1. The first kappa shape index (κ1) is 54.9. The highest BCUT2D eigenvalue weighted by molar-refractivity contribution is 6.30. The van der Waals surface area contributed by atoms with Crippen LogP contribution in [0.25, 0.3) is 0 Å². The number of nitrogens with one attached hydrogen (secondary N) is 3. The van der Waals surface area contributed by atoms with E-state index in [0.29, 0.717) is 30.6 Å². The molecule has 8 nitrogen and oxygen atoms in total. The van der Waals surface area contributed by atoms with Crippen LogP contribution in [0.2, 0.25) is 5.02 Å². The van der Waals surface area contributed by atoms with Crippen LogP contribution in [0.3, 0.4) is 0 Å². The Bertz CT molecular complexity index is 2910. The number of carbonyl (C=O) groups is 4. The third-order valence-corrected chi connectivity index (χ3v) is 24.8. The van der Waals surface area contributed by atoms with Gasteiger partial charge >= 0.3 is 0 Å². The molecule has 0 aromatic heterocycles. The molecular formula is C70H91ClN4O4. The van der Waals surface area contributed by atoms with Crippen molar-refractivity contribution in [3.63, 3.8) is 0 Å². The van der Waals surface area contributed by atoms with Crippen molar-refractivity contribution in [2.75, 3.05) is 18.0 Å². The number of piperidine rings is 2. The summed E-state index contributed by atoms with van der Waals surface area (Å²) in [6, 6.07) is 25.8. The monoisotopic (exact) mass is 1090 g/mol. The van der Waals surface area contributed by atoms with Crippen LogP contribution in [0.15, 0.2) is 96.3 Å². The van der Waals surface area contributed by atoms with Gasteiger partial charge in [0.2, 0.25) is 11.8 Å². The Kier molecular flexibility index (Phi) is 14.5. The molecule has 3 aromatic carbocycles. The van der Waals surface area contributed by atoms with E-state index in [0.717, 1.165) is 163 Å². The molecule has 422 valence electrons. The number of fused-ring (bicyclic) bond motifs is 10. The number of anilines is 2. The number of ketones is 2. The summed E-state index contributed by atoms with van der Waals surface area (Å²) in [5.74, 6) is 2.23. The molecule has 5 saturated carbocycles. The minimum absolute atomic E-state index is 0.0892. The average molecular weight is 1090 g/mol. The molecule has 2 heterocycles. The zero-order chi connectivity index (χ0) is 55.1. The highest BCUT2D eigenvalue weighted by Crippen LogP contribution is 2.76. The van der Waals surface area contributed by atoms with E-state index < -0.39 is 16.2 Å². The third kappa shape index (κ3) is 8.67. The Hall–Kier alpha value is -4.69. The normalized spacial score (nSPS) is 37.1. The van der Waals surface area contributed by atoms with Gasteiger partial charge in [-0.15, -0.1) is 0 Å². The molecule has 0 bridgehead atoms. The van der Waals surface area contributed by atoms with Crippen LogP contribution in [0.4, 0.5) is 11.4 Å². The highest BCUT2D eigenvalue weighted by Gasteiger charge is 2.74. The summed E-state index contributed by atoms with van der Waals surface area (Å²) in [7, 11) is 0. The summed E-state index contributed by atoms with van der Waals surface area (Å²) >= 11 is 6.44. The lowest BCUT2D eigenvalue weighted by Crippen LogP contribution is -2.67. The fourth-order valence-corrected chi connectivity index (χ4v) is 20.6. The van der Waals surface area contributed by atoms with Gasteiger partial charge < -0.3 is 16.0 Å². The minimum atomic E-state index is -0.901. The summed E-state index contributed by atoms with van der Waals surface area (Å²) < 4.78 is 0. The van der Waals surface area contributed by atoms with Gasteiger partial charge in [-0.05, 0) is 196 Å². The number of carbonyl (C=O) groups excluding carboxylic acids is 4. The summed E-state index contributed by atoms with van der Waals surface area (Å²) in [6.07, 6.45) is 24.4. The Labute approximate surface area is 477 Å². The lowest BCUT2D eigenvalue weighted by atomic mass is 9.39. The predicted molar refractivity (Wildman–Crippen MR) is 317 cm³/mol. The van der Waals surface area contributed by atoms with Crippen molar-refractivity contribution in [1.82, 2.24) is 16.0 Å².